The van der Waals surface area contributed by atoms with Gasteiger partial charge >= 0.3 is 0 Å². The standard InChI is InChI=1S/C24H38N4O3/c1-3-25-23(28-11-8-21(18-28)27-12-16-31-17-13-27)26-19-24(9-14-30-15-10-24)20-4-6-22(29-2)7-5-20/h4-7,21H,3,8-19H2,1-2H3,(H,25,26). The SMILES string of the molecule is CCNC(=NCC1(c2ccc(OC)cc2)CCOCC1)N1CCC(N2CCOCC2)C1. The highest BCUT2D eigenvalue weighted by Crippen LogP contribution is 2.36. The maximum absolute atomic E-state index is 5.71. The summed E-state index contributed by atoms with van der Waals surface area (Å²) in [7, 11) is 1.71. The molecule has 0 bridgehead atoms. The van der Waals surface area contributed by atoms with Crippen molar-refractivity contribution in [1.82, 2.24) is 15.1 Å². The van der Waals surface area contributed by atoms with Crippen molar-refractivity contribution in [3.05, 3.63) is 29.8 Å². The third-order valence-corrected chi connectivity index (χ3v) is 7.04. The summed E-state index contributed by atoms with van der Waals surface area (Å²) in [6.45, 7) is 11.3. The summed E-state index contributed by atoms with van der Waals surface area (Å²) >= 11 is 0. The number of morpholine rings is 1. The molecule has 3 aliphatic rings. The van der Waals surface area contributed by atoms with Gasteiger partial charge in [-0.05, 0) is 43.9 Å². The number of guanidine groups is 1. The van der Waals surface area contributed by atoms with Crippen molar-refractivity contribution in [2.45, 2.75) is 37.6 Å². The fraction of sp³-hybridized carbons (Fsp3) is 0.708. The lowest BCUT2D eigenvalue weighted by atomic mass is 9.74. The molecule has 3 fully saturated rings. The smallest absolute Gasteiger partial charge is 0.193 e. The number of methoxy groups -OCH3 is 1. The summed E-state index contributed by atoms with van der Waals surface area (Å²) in [4.78, 5) is 10.2. The molecule has 1 N–H and O–H groups in total. The Labute approximate surface area is 186 Å². The van der Waals surface area contributed by atoms with Gasteiger partial charge in [-0.15, -0.1) is 0 Å². The Kier molecular flexibility index (Phi) is 7.69. The van der Waals surface area contributed by atoms with Crippen molar-refractivity contribution >= 4 is 5.96 Å². The van der Waals surface area contributed by atoms with Gasteiger partial charge in [-0.25, -0.2) is 0 Å². The minimum atomic E-state index is 0.0223. The average Bonchev–Trinajstić information content (AvgIpc) is 3.33. The molecule has 1 aromatic carbocycles. The van der Waals surface area contributed by atoms with Gasteiger partial charge in [0.1, 0.15) is 5.75 Å². The van der Waals surface area contributed by atoms with E-state index in [4.69, 9.17) is 19.2 Å². The third-order valence-electron chi connectivity index (χ3n) is 7.04. The second-order valence-electron chi connectivity index (χ2n) is 8.83. The largest absolute Gasteiger partial charge is 0.497 e. The van der Waals surface area contributed by atoms with Crippen molar-refractivity contribution in [3.63, 3.8) is 0 Å². The van der Waals surface area contributed by atoms with Crippen LogP contribution in [0.15, 0.2) is 29.3 Å². The number of nitrogens with one attached hydrogen (secondary N) is 1. The summed E-state index contributed by atoms with van der Waals surface area (Å²) in [6, 6.07) is 9.14. The van der Waals surface area contributed by atoms with Crippen LogP contribution in [0.1, 0.15) is 31.7 Å². The molecule has 3 aliphatic heterocycles. The molecular formula is C24H38N4O3. The molecule has 0 spiro atoms. The van der Waals surface area contributed by atoms with Crippen LogP contribution >= 0.6 is 0 Å². The van der Waals surface area contributed by atoms with Crippen LogP contribution in [0, 0.1) is 0 Å². The fourth-order valence-electron chi connectivity index (χ4n) is 5.07. The van der Waals surface area contributed by atoms with Gasteiger partial charge in [0, 0.05) is 57.4 Å². The third kappa shape index (κ3) is 5.33. The Morgan fingerprint density at radius 3 is 2.48 bits per heavy atom. The maximum Gasteiger partial charge on any atom is 0.193 e. The number of likely N-dealkylation sites (tertiary alicyclic amines) is 1. The molecule has 0 aliphatic carbocycles. The van der Waals surface area contributed by atoms with E-state index in [1.54, 1.807) is 7.11 Å². The number of rotatable bonds is 6. The molecule has 1 atom stereocenters. The van der Waals surface area contributed by atoms with E-state index in [1.165, 1.54) is 12.0 Å². The Morgan fingerprint density at radius 1 is 1.10 bits per heavy atom. The van der Waals surface area contributed by atoms with E-state index in [1.807, 2.05) is 0 Å². The van der Waals surface area contributed by atoms with Crippen molar-refractivity contribution < 1.29 is 14.2 Å². The molecule has 7 heteroatoms. The summed E-state index contributed by atoms with van der Waals surface area (Å²) < 4.78 is 16.6. The van der Waals surface area contributed by atoms with E-state index in [9.17, 15) is 0 Å². The second-order valence-corrected chi connectivity index (χ2v) is 8.83. The Morgan fingerprint density at radius 2 is 1.81 bits per heavy atom. The van der Waals surface area contributed by atoms with Gasteiger partial charge in [0.05, 0.1) is 26.9 Å². The van der Waals surface area contributed by atoms with E-state index in [2.05, 4.69) is 46.3 Å². The Bertz CT molecular complexity index is 712. The zero-order valence-corrected chi connectivity index (χ0v) is 19.1. The first kappa shape index (κ1) is 22.4. The number of benzene rings is 1. The summed E-state index contributed by atoms with van der Waals surface area (Å²) in [5.74, 6) is 1.95. The molecule has 3 heterocycles. The fourth-order valence-corrected chi connectivity index (χ4v) is 5.07. The van der Waals surface area contributed by atoms with Gasteiger partial charge in [-0.3, -0.25) is 9.89 Å². The highest BCUT2D eigenvalue weighted by atomic mass is 16.5. The van der Waals surface area contributed by atoms with Crippen LogP contribution in [0.4, 0.5) is 0 Å². The first-order chi connectivity index (χ1) is 15.2. The minimum Gasteiger partial charge on any atom is -0.497 e. The molecule has 7 nitrogen and oxygen atoms in total. The van der Waals surface area contributed by atoms with E-state index < -0.39 is 0 Å². The van der Waals surface area contributed by atoms with Crippen LogP contribution in [0.25, 0.3) is 0 Å². The van der Waals surface area contributed by atoms with Crippen LogP contribution < -0.4 is 10.1 Å². The summed E-state index contributed by atoms with van der Waals surface area (Å²) in [5.41, 5.74) is 1.36. The molecule has 1 unspecified atom stereocenters. The van der Waals surface area contributed by atoms with Crippen LogP contribution in [-0.4, -0.2) is 94.6 Å². The summed E-state index contributed by atoms with van der Waals surface area (Å²) in [5, 5.41) is 3.56. The lowest BCUT2D eigenvalue weighted by molar-refractivity contribution is 0.0194. The Hall–Kier alpha value is -1.83. The van der Waals surface area contributed by atoms with Gasteiger partial charge in [0.2, 0.25) is 0 Å². The van der Waals surface area contributed by atoms with E-state index in [-0.39, 0.29) is 5.41 Å². The second kappa shape index (κ2) is 10.7. The highest BCUT2D eigenvalue weighted by molar-refractivity contribution is 5.80. The number of nitrogens with zero attached hydrogens (tertiary/aromatic N) is 3. The van der Waals surface area contributed by atoms with Crippen molar-refractivity contribution in [3.8, 4) is 5.75 Å². The Balaban J connectivity index is 1.48. The molecule has 0 aromatic heterocycles. The highest BCUT2D eigenvalue weighted by Gasteiger charge is 2.35. The van der Waals surface area contributed by atoms with E-state index in [0.29, 0.717) is 6.04 Å². The molecule has 4 rings (SSSR count). The number of hydrogen-bond donors (Lipinski definition) is 1. The lowest BCUT2D eigenvalue weighted by Gasteiger charge is -2.37. The normalized spacial score (nSPS) is 24.9. The molecule has 0 radical (unpaired) electrons. The van der Waals surface area contributed by atoms with Gasteiger partial charge < -0.3 is 24.4 Å². The molecule has 0 amide bonds. The topological polar surface area (TPSA) is 58.6 Å². The molecule has 172 valence electrons. The lowest BCUT2D eigenvalue weighted by Crippen LogP contribution is -2.47. The number of aliphatic imine (C=N–C) groups is 1. The van der Waals surface area contributed by atoms with E-state index >= 15 is 0 Å². The van der Waals surface area contributed by atoms with Gasteiger partial charge in [0.25, 0.3) is 0 Å². The minimum absolute atomic E-state index is 0.0223. The van der Waals surface area contributed by atoms with Crippen LogP contribution in [0.2, 0.25) is 0 Å². The quantitative estimate of drug-likeness (QED) is 0.551. The summed E-state index contributed by atoms with van der Waals surface area (Å²) in [6.07, 6.45) is 3.19. The monoisotopic (exact) mass is 430 g/mol. The zero-order valence-electron chi connectivity index (χ0n) is 19.1. The molecule has 0 saturated carbocycles. The molecule has 1 aromatic rings. The molecule has 3 saturated heterocycles. The number of hydrogen-bond acceptors (Lipinski definition) is 5. The number of ether oxygens (including phenoxy) is 3. The maximum atomic E-state index is 5.71. The van der Waals surface area contributed by atoms with Gasteiger partial charge in [-0.2, -0.15) is 0 Å². The first-order valence-electron chi connectivity index (χ1n) is 11.8. The van der Waals surface area contributed by atoms with Crippen molar-refractivity contribution in [2.24, 2.45) is 4.99 Å². The van der Waals surface area contributed by atoms with Gasteiger partial charge in [-0.1, -0.05) is 12.1 Å². The predicted molar refractivity (Wildman–Crippen MR) is 123 cm³/mol. The predicted octanol–water partition coefficient (Wildman–Crippen LogP) is 2.12. The van der Waals surface area contributed by atoms with Crippen molar-refractivity contribution in [1.29, 1.82) is 0 Å². The molecule has 31 heavy (non-hydrogen) atoms. The van der Waals surface area contributed by atoms with Crippen LogP contribution in [-0.2, 0) is 14.9 Å². The average molecular weight is 431 g/mol. The van der Waals surface area contributed by atoms with Gasteiger partial charge in [0.15, 0.2) is 5.96 Å². The zero-order chi connectivity index (χ0) is 21.5. The van der Waals surface area contributed by atoms with Crippen molar-refractivity contribution in [2.75, 3.05) is 72.8 Å². The van der Waals surface area contributed by atoms with Crippen LogP contribution in [0.3, 0.4) is 0 Å². The molecular weight excluding hydrogens is 392 g/mol. The van der Waals surface area contributed by atoms with Crippen LogP contribution in [0.5, 0.6) is 5.75 Å². The first-order valence-corrected chi connectivity index (χ1v) is 11.8. The van der Waals surface area contributed by atoms with E-state index in [0.717, 1.165) is 90.2 Å².